The van der Waals surface area contributed by atoms with E-state index in [-0.39, 0.29) is 24.0 Å². The minimum absolute atomic E-state index is 0.0616. The summed E-state index contributed by atoms with van der Waals surface area (Å²) in [5.41, 5.74) is 3.30. The van der Waals surface area contributed by atoms with Crippen molar-refractivity contribution < 1.29 is 76.0 Å². The molecule has 1 fully saturated rings. The average molecular weight is 1040 g/mol. The van der Waals surface area contributed by atoms with Crippen molar-refractivity contribution in [2.24, 2.45) is 0 Å². The molecule has 75 heavy (non-hydrogen) atoms. The van der Waals surface area contributed by atoms with Crippen molar-refractivity contribution >= 4 is 29.3 Å². The maximum Gasteiger partial charge on any atom is 0.264 e. The van der Waals surface area contributed by atoms with Crippen LogP contribution in [0.1, 0.15) is 50.2 Å². The van der Waals surface area contributed by atoms with Crippen molar-refractivity contribution in [1.29, 1.82) is 0 Å². The summed E-state index contributed by atoms with van der Waals surface area (Å²) in [6.45, 7) is 10.5. The summed E-state index contributed by atoms with van der Waals surface area (Å²) >= 11 is 0. The zero-order valence-electron chi connectivity index (χ0n) is 42.8. The zero-order chi connectivity index (χ0) is 52.4. The van der Waals surface area contributed by atoms with Gasteiger partial charge in [-0.05, 0) is 35.2 Å². The van der Waals surface area contributed by atoms with E-state index in [1.807, 2.05) is 54.6 Å². The van der Waals surface area contributed by atoms with Crippen molar-refractivity contribution in [3.63, 3.8) is 0 Å². The molecule has 4 aromatic carbocycles. The highest BCUT2D eigenvalue weighted by Crippen LogP contribution is 2.40. The number of benzene rings is 4. The van der Waals surface area contributed by atoms with E-state index in [0.717, 1.165) is 21.6 Å². The number of imide groups is 2. The number of ether oxygens (including phenoxy) is 12. The quantitative estimate of drug-likeness (QED) is 0.0351. The molecule has 6 rings (SSSR count). The van der Waals surface area contributed by atoms with E-state index in [2.05, 4.69) is 47.0 Å². The molecule has 0 spiro atoms. The van der Waals surface area contributed by atoms with Gasteiger partial charge in [-0.3, -0.25) is 29.4 Å². The molecule has 0 aromatic heterocycles. The van der Waals surface area contributed by atoms with Gasteiger partial charge in [-0.1, -0.05) is 97.1 Å². The van der Waals surface area contributed by atoms with Crippen molar-refractivity contribution in [3.8, 4) is 0 Å². The van der Waals surface area contributed by atoms with Crippen molar-refractivity contribution in [2.75, 3.05) is 164 Å². The van der Waals surface area contributed by atoms with Gasteiger partial charge in [0.05, 0.1) is 163 Å². The van der Waals surface area contributed by atoms with Crippen LogP contribution in [0.15, 0.2) is 109 Å². The Hall–Kier alpha value is -5.52. The average Bonchev–Trinajstić information content (AvgIpc) is 3.70. The number of piperidine rings is 1. The lowest BCUT2D eigenvalue weighted by Crippen LogP contribution is -2.54. The van der Waals surface area contributed by atoms with Gasteiger partial charge >= 0.3 is 0 Å². The first-order valence-corrected chi connectivity index (χ1v) is 25.7. The van der Waals surface area contributed by atoms with Gasteiger partial charge in [0.1, 0.15) is 11.6 Å². The van der Waals surface area contributed by atoms with Gasteiger partial charge in [-0.25, -0.2) is 0 Å². The molecule has 2 N–H and O–H groups in total. The lowest BCUT2D eigenvalue weighted by molar-refractivity contribution is -0.136. The van der Waals surface area contributed by atoms with E-state index in [1.54, 1.807) is 18.2 Å². The summed E-state index contributed by atoms with van der Waals surface area (Å²) in [7, 11) is 0. The van der Waals surface area contributed by atoms with Crippen LogP contribution in [-0.2, 0) is 72.0 Å². The maximum atomic E-state index is 13.2. The topological polar surface area (TPSA) is 206 Å². The molecule has 2 heterocycles. The summed E-state index contributed by atoms with van der Waals surface area (Å²) < 4.78 is 68.3. The van der Waals surface area contributed by atoms with E-state index >= 15 is 0 Å². The number of amides is 4. The summed E-state index contributed by atoms with van der Waals surface area (Å²) in [5, 5.41) is 5.34. The highest BCUT2D eigenvalue weighted by Gasteiger charge is 2.45. The van der Waals surface area contributed by atoms with Crippen LogP contribution >= 0.6 is 0 Å². The van der Waals surface area contributed by atoms with Crippen LogP contribution in [0.3, 0.4) is 0 Å². The molecular formula is C56H73N3O16. The molecule has 0 saturated carbocycles. The number of hydrogen-bond acceptors (Lipinski definition) is 17. The van der Waals surface area contributed by atoms with Gasteiger partial charge in [0.25, 0.3) is 11.8 Å². The molecule has 2 aliphatic heterocycles. The Kier molecular flexibility index (Phi) is 27.4. The smallest absolute Gasteiger partial charge is 0.264 e. The molecule has 4 aromatic rings. The van der Waals surface area contributed by atoms with Crippen LogP contribution in [0.25, 0.3) is 0 Å². The number of rotatable bonds is 42. The lowest BCUT2D eigenvalue weighted by atomic mass is 9.80. The molecule has 0 radical (unpaired) electrons. The molecule has 19 nitrogen and oxygen atoms in total. The van der Waals surface area contributed by atoms with Crippen LogP contribution in [0.5, 0.6) is 0 Å². The van der Waals surface area contributed by atoms with Gasteiger partial charge in [-0.15, -0.1) is 0 Å². The predicted octanol–water partition coefficient (Wildman–Crippen LogP) is 4.69. The van der Waals surface area contributed by atoms with E-state index in [4.69, 9.17) is 56.8 Å². The van der Waals surface area contributed by atoms with Crippen LogP contribution in [0, 0.1) is 0 Å². The molecule has 2 aliphatic rings. The van der Waals surface area contributed by atoms with Gasteiger partial charge in [0, 0.05) is 18.7 Å². The lowest BCUT2D eigenvalue weighted by Gasteiger charge is -2.36. The maximum absolute atomic E-state index is 13.2. The first-order chi connectivity index (χ1) is 37.0. The van der Waals surface area contributed by atoms with Gasteiger partial charge in [0.2, 0.25) is 11.8 Å². The van der Waals surface area contributed by atoms with Crippen LogP contribution < -0.4 is 10.6 Å². The standard InChI is InChI=1S/C56H73N3O16/c60-51-20-19-50(53(61)58-51)59-54(62)48-17-10-18-49(52(48)55(59)63)57-21-22-64-23-24-65-25-26-66-27-28-67-29-30-68-31-32-69-33-34-70-35-36-71-37-38-72-39-40-73-41-42-74-43-44-75-56(45-11-4-1-5-12-45,46-13-6-2-7-14-46)47-15-8-3-9-16-47/h1-18,50,57H,19-44H2,(H,58,60,61). The second-order valence-electron chi connectivity index (χ2n) is 17.0. The summed E-state index contributed by atoms with van der Waals surface area (Å²) in [6, 6.07) is 34.8. The zero-order valence-corrected chi connectivity index (χ0v) is 42.8. The normalized spacial score (nSPS) is 14.7. The number of hydrogen-bond donors (Lipinski definition) is 2. The molecule has 0 aliphatic carbocycles. The Morgan fingerprint density at radius 2 is 0.787 bits per heavy atom. The summed E-state index contributed by atoms with van der Waals surface area (Å²) in [4.78, 5) is 51.0. The third kappa shape index (κ3) is 19.5. The van der Waals surface area contributed by atoms with Crippen molar-refractivity contribution in [3.05, 3.63) is 137 Å². The molecule has 4 amide bonds. The minimum atomic E-state index is -1.02. The third-order valence-corrected chi connectivity index (χ3v) is 11.8. The molecule has 408 valence electrons. The van der Waals surface area contributed by atoms with Crippen molar-refractivity contribution in [1.82, 2.24) is 10.2 Å². The van der Waals surface area contributed by atoms with Crippen LogP contribution in [-0.4, -0.2) is 193 Å². The Morgan fingerprint density at radius 3 is 1.16 bits per heavy atom. The van der Waals surface area contributed by atoms with Crippen LogP contribution in [0.2, 0.25) is 0 Å². The number of carbonyl (C=O) groups is 4. The van der Waals surface area contributed by atoms with E-state index < -0.39 is 35.3 Å². The predicted molar refractivity (Wildman–Crippen MR) is 276 cm³/mol. The summed E-state index contributed by atoms with van der Waals surface area (Å²) in [6.07, 6.45) is 0.161. The van der Waals surface area contributed by atoms with Crippen LogP contribution in [0.4, 0.5) is 5.69 Å². The van der Waals surface area contributed by atoms with Gasteiger partial charge < -0.3 is 62.2 Å². The number of carbonyl (C=O) groups excluding carboxylic acids is 4. The number of nitrogens with one attached hydrogen (secondary N) is 2. The summed E-state index contributed by atoms with van der Waals surface area (Å²) in [5.74, 6) is -2.18. The third-order valence-electron chi connectivity index (χ3n) is 11.8. The van der Waals surface area contributed by atoms with Gasteiger partial charge in [0.15, 0.2) is 0 Å². The molecule has 0 bridgehead atoms. The Labute approximate surface area is 439 Å². The fourth-order valence-electron chi connectivity index (χ4n) is 8.24. The largest absolute Gasteiger partial charge is 0.382 e. The number of nitrogens with zero attached hydrogens (tertiary/aromatic N) is 1. The van der Waals surface area contributed by atoms with E-state index in [1.165, 1.54) is 0 Å². The first kappa shape index (κ1) is 58.7. The monoisotopic (exact) mass is 1040 g/mol. The minimum Gasteiger partial charge on any atom is -0.382 e. The van der Waals surface area contributed by atoms with E-state index in [0.29, 0.717) is 164 Å². The number of anilines is 1. The molecule has 1 atom stereocenters. The number of fused-ring (bicyclic) bond motifs is 1. The fraction of sp³-hybridized carbons (Fsp3) is 0.500. The van der Waals surface area contributed by atoms with E-state index in [9.17, 15) is 19.2 Å². The molecule has 1 saturated heterocycles. The second kappa shape index (κ2) is 34.9. The van der Waals surface area contributed by atoms with Gasteiger partial charge in [-0.2, -0.15) is 0 Å². The Bertz CT molecular complexity index is 2150. The van der Waals surface area contributed by atoms with Crippen molar-refractivity contribution in [2.45, 2.75) is 24.5 Å². The molecule has 1 unspecified atom stereocenters. The fourth-order valence-corrected chi connectivity index (χ4v) is 8.24. The highest BCUT2D eigenvalue weighted by atomic mass is 16.6. The SMILES string of the molecule is O=C1CCC(N2C(=O)c3cccc(NCCOCCOCCOCCOCCOCCOCCOCCOCCOCCOCCOCCOC(c4ccccc4)(c4ccccc4)c4ccccc4)c3C2=O)C(=O)N1. The Balaban J connectivity index is 0.630. The second-order valence-corrected chi connectivity index (χ2v) is 17.0. The first-order valence-electron chi connectivity index (χ1n) is 25.7. The molecule has 19 heteroatoms. The Morgan fingerprint density at radius 1 is 0.427 bits per heavy atom. The highest BCUT2D eigenvalue weighted by molar-refractivity contribution is 6.25. The molecular weight excluding hydrogens is 971 g/mol.